The number of anilines is 1. The molecule has 0 amide bonds. The van der Waals surface area contributed by atoms with Gasteiger partial charge in [0.1, 0.15) is 0 Å². The molecular formula is C11H12ClNO2. The van der Waals surface area contributed by atoms with Gasteiger partial charge in [-0.15, -0.1) is 0 Å². The van der Waals surface area contributed by atoms with Crippen molar-refractivity contribution >= 4 is 23.3 Å². The summed E-state index contributed by atoms with van der Waals surface area (Å²) < 4.78 is 4.74. The van der Waals surface area contributed by atoms with Crippen molar-refractivity contribution in [1.82, 2.24) is 0 Å². The SMILES string of the molecule is COC(=O)c1c(Cl)ccc2c1CCN2C. The summed E-state index contributed by atoms with van der Waals surface area (Å²) in [6, 6.07) is 3.69. The molecule has 0 unspecified atom stereocenters. The summed E-state index contributed by atoms with van der Waals surface area (Å²) in [5.74, 6) is -0.354. The number of ether oxygens (including phenoxy) is 1. The van der Waals surface area contributed by atoms with Crippen LogP contribution in [0, 0.1) is 0 Å². The zero-order valence-corrected chi connectivity index (χ0v) is 9.47. The molecule has 2 rings (SSSR count). The van der Waals surface area contributed by atoms with Crippen molar-refractivity contribution < 1.29 is 9.53 Å². The van der Waals surface area contributed by atoms with Crippen LogP contribution >= 0.6 is 11.6 Å². The van der Waals surface area contributed by atoms with Gasteiger partial charge in [0.05, 0.1) is 17.7 Å². The number of carbonyl (C=O) groups is 1. The topological polar surface area (TPSA) is 29.5 Å². The summed E-state index contributed by atoms with van der Waals surface area (Å²) in [7, 11) is 3.37. The molecule has 0 bridgehead atoms. The van der Waals surface area contributed by atoms with Crippen LogP contribution in [0.1, 0.15) is 15.9 Å². The third-order valence-corrected chi connectivity index (χ3v) is 3.05. The molecule has 0 saturated carbocycles. The fourth-order valence-electron chi connectivity index (χ4n) is 1.94. The second-order valence-electron chi connectivity index (χ2n) is 3.58. The third-order valence-electron chi connectivity index (χ3n) is 2.74. The number of hydrogen-bond acceptors (Lipinski definition) is 3. The van der Waals surface area contributed by atoms with E-state index in [0.29, 0.717) is 10.6 Å². The fraction of sp³-hybridized carbons (Fsp3) is 0.364. The highest BCUT2D eigenvalue weighted by atomic mass is 35.5. The molecule has 0 radical (unpaired) electrons. The predicted octanol–water partition coefficient (Wildman–Crippen LogP) is 2.12. The molecule has 80 valence electrons. The number of halogens is 1. The van der Waals surface area contributed by atoms with E-state index in [1.54, 1.807) is 6.07 Å². The number of fused-ring (bicyclic) bond motifs is 1. The molecular weight excluding hydrogens is 214 g/mol. The lowest BCUT2D eigenvalue weighted by molar-refractivity contribution is 0.0600. The van der Waals surface area contributed by atoms with E-state index in [9.17, 15) is 4.79 Å². The Hall–Kier alpha value is -1.22. The van der Waals surface area contributed by atoms with Crippen LogP contribution in [0.2, 0.25) is 5.02 Å². The standard InChI is InChI=1S/C11H12ClNO2/c1-13-6-5-7-9(13)4-3-8(12)10(7)11(14)15-2/h3-4H,5-6H2,1-2H3. The second-order valence-corrected chi connectivity index (χ2v) is 3.99. The molecule has 4 heteroatoms. The van der Waals surface area contributed by atoms with E-state index in [1.165, 1.54) is 7.11 Å². The Labute approximate surface area is 93.6 Å². The molecule has 0 aromatic heterocycles. The van der Waals surface area contributed by atoms with Gasteiger partial charge in [0.15, 0.2) is 0 Å². The number of hydrogen-bond donors (Lipinski definition) is 0. The maximum atomic E-state index is 11.6. The van der Waals surface area contributed by atoms with Crippen molar-refractivity contribution in [2.75, 3.05) is 25.6 Å². The van der Waals surface area contributed by atoms with Crippen molar-refractivity contribution in [2.24, 2.45) is 0 Å². The molecule has 1 aliphatic rings. The summed E-state index contributed by atoms with van der Waals surface area (Å²) in [6.45, 7) is 0.916. The molecule has 0 N–H and O–H groups in total. The van der Waals surface area contributed by atoms with Crippen LogP contribution in [0.25, 0.3) is 0 Å². The van der Waals surface area contributed by atoms with Gasteiger partial charge in [-0.05, 0) is 24.1 Å². The normalized spacial score (nSPS) is 13.9. The summed E-state index contributed by atoms with van der Waals surface area (Å²) in [4.78, 5) is 13.7. The van der Waals surface area contributed by atoms with E-state index in [2.05, 4.69) is 4.90 Å². The monoisotopic (exact) mass is 225 g/mol. The minimum absolute atomic E-state index is 0.354. The van der Waals surface area contributed by atoms with Crippen LogP contribution in [-0.2, 0) is 11.2 Å². The maximum absolute atomic E-state index is 11.6. The molecule has 0 atom stereocenters. The van der Waals surface area contributed by atoms with Gasteiger partial charge in [-0.25, -0.2) is 4.79 Å². The number of likely N-dealkylation sites (N-methyl/N-ethyl adjacent to an activating group) is 1. The van der Waals surface area contributed by atoms with Crippen molar-refractivity contribution in [3.63, 3.8) is 0 Å². The van der Waals surface area contributed by atoms with Crippen LogP contribution in [0.3, 0.4) is 0 Å². The van der Waals surface area contributed by atoms with Gasteiger partial charge in [-0.1, -0.05) is 11.6 Å². The Morgan fingerprint density at radius 1 is 1.53 bits per heavy atom. The van der Waals surface area contributed by atoms with Crippen LogP contribution < -0.4 is 4.90 Å². The molecule has 0 fully saturated rings. The first-order chi connectivity index (χ1) is 7.15. The number of benzene rings is 1. The predicted molar refractivity (Wildman–Crippen MR) is 59.8 cm³/mol. The number of methoxy groups -OCH3 is 1. The summed E-state index contributed by atoms with van der Waals surface area (Å²) in [6.07, 6.45) is 0.844. The van der Waals surface area contributed by atoms with E-state index >= 15 is 0 Å². The summed E-state index contributed by atoms with van der Waals surface area (Å²) in [5, 5.41) is 0.468. The maximum Gasteiger partial charge on any atom is 0.339 e. The fourth-order valence-corrected chi connectivity index (χ4v) is 2.20. The first-order valence-corrected chi connectivity index (χ1v) is 5.13. The summed E-state index contributed by atoms with van der Waals surface area (Å²) >= 11 is 6.01. The van der Waals surface area contributed by atoms with E-state index < -0.39 is 0 Å². The highest BCUT2D eigenvalue weighted by Crippen LogP contribution is 2.34. The van der Waals surface area contributed by atoms with Crippen molar-refractivity contribution in [1.29, 1.82) is 0 Å². The third kappa shape index (κ3) is 1.57. The molecule has 3 nitrogen and oxygen atoms in total. The zero-order valence-electron chi connectivity index (χ0n) is 8.71. The van der Waals surface area contributed by atoms with Crippen LogP contribution in [-0.4, -0.2) is 26.7 Å². The Kier molecular flexibility index (Phi) is 2.57. The number of nitrogens with zero attached hydrogens (tertiary/aromatic N) is 1. The van der Waals surface area contributed by atoms with E-state index in [-0.39, 0.29) is 5.97 Å². The van der Waals surface area contributed by atoms with Gasteiger partial charge >= 0.3 is 5.97 Å². The van der Waals surface area contributed by atoms with E-state index in [4.69, 9.17) is 16.3 Å². The molecule has 1 aromatic carbocycles. The van der Waals surface area contributed by atoms with Crippen molar-refractivity contribution in [3.05, 3.63) is 28.3 Å². The van der Waals surface area contributed by atoms with Gasteiger partial charge in [-0.2, -0.15) is 0 Å². The molecule has 0 spiro atoms. The lowest BCUT2D eigenvalue weighted by Gasteiger charge is -2.13. The smallest absolute Gasteiger partial charge is 0.339 e. The Balaban J connectivity index is 2.58. The Bertz CT molecular complexity index is 417. The van der Waals surface area contributed by atoms with Crippen LogP contribution in [0.15, 0.2) is 12.1 Å². The average Bonchev–Trinajstić information content (AvgIpc) is 2.59. The lowest BCUT2D eigenvalue weighted by atomic mass is 10.1. The molecule has 1 heterocycles. The van der Waals surface area contributed by atoms with E-state index in [1.807, 2.05) is 13.1 Å². The number of rotatable bonds is 1. The second kappa shape index (κ2) is 3.74. The van der Waals surface area contributed by atoms with Crippen LogP contribution in [0.5, 0.6) is 0 Å². The first-order valence-electron chi connectivity index (χ1n) is 4.76. The first kappa shape index (κ1) is 10.3. The van der Waals surface area contributed by atoms with Crippen molar-refractivity contribution in [3.8, 4) is 0 Å². The summed E-state index contributed by atoms with van der Waals surface area (Å²) in [5.41, 5.74) is 2.58. The zero-order chi connectivity index (χ0) is 11.0. The Morgan fingerprint density at radius 2 is 2.27 bits per heavy atom. The van der Waals surface area contributed by atoms with Gasteiger partial charge in [0.2, 0.25) is 0 Å². The van der Waals surface area contributed by atoms with Gasteiger partial charge in [-0.3, -0.25) is 0 Å². The minimum Gasteiger partial charge on any atom is -0.465 e. The van der Waals surface area contributed by atoms with Gasteiger partial charge in [0, 0.05) is 19.3 Å². The quantitative estimate of drug-likeness (QED) is 0.686. The molecule has 15 heavy (non-hydrogen) atoms. The molecule has 0 aliphatic carbocycles. The largest absolute Gasteiger partial charge is 0.465 e. The van der Waals surface area contributed by atoms with E-state index in [0.717, 1.165) is 24.2 Å². The Morgan fingerprint density at radius 3 is 2.93 bits per heavy atom. The average molecular weight is 226 g/mol. The lowest BCUT2D eigenvalue weighted by Crippen LogP contribution is -2.12. The van der Waals surface area contributed by atoms with Gasteiger partial charge in [0.25, 0.3) is 0 Å². The van der Waals surface area contributed by atoms with Crippen molar-refractivity contribution in [2.45, 2.75) is 6.42 Å². The van der Waals surface area contributed by atoms with Crippen LogP contribution in [0.4, 0.5) is 5.69 Å². The molecule has 1 aromatic rings. The molecule has 1 aliphatic heterocycles. The highest BCUT2D eigenvalue weighted by Gasteiger charge is 2.25. The van der Waals surface area contributed by atoms with Gasteiger partial charge < -0.3 is 9.64 Å². The number of carbonyl (C=O) groups excluding carboxylic acids is 1. The minimum atomic E-state index is -0.354. The highest BCUT2D eigenvalue weighted by molar-refractivity contribution is 6.34. The number of esters is 1. The molecule has 0 saturated heterocycles.